The molecule has 0 unspecified atom stereocenters. The van der Waals surface area contributed by atoms with Crippen molar-refractivity contribution in [1.82, 2.24) is 4.31 Å². The van der Waals surface area contributed by atoms with E-state index in [-0.39, 0.29) is 27.1 Å². The number of ether oxygens (including phenoxy) is 2. The number of rotatable bonds is 6. The van der Waals surface area contributed by atoms with Gasteiger partial charge in [-0.1, -0.05) is 35.3 Å². The van der Waals surface area contributed by atoms with Crippen LogP contribution in [-0.4, -0.2) is 47.8 Å². The number of anilines is 1. The number of aliphatic carboxylic acids is 1. The van der Waals surface area contributed by atoms with Crippen LogP contribution in [0.5, 0.6) is 11.5 Å². The number of carbonyl (C=O) groups is 3. The predicted molar refractivity (Wildman–Crippen MR) is 151 cm³/mol. The molecule has 1 amide bonds. The summed E-state index contributed by atoms with van der Waals surface area (Å²) in [5, 5.41) is 8.46. The molecule has 3 aromatic carbocycles. The summed E-state index contributed by atoms with van der Waals surface area (Å²) in [5.41, 5.74) is -0.399. The molecule has 1 aliphatic heterocycles. The van der Waals surface area contributed by atoms with E-state index < -0.39 is 51.9 Å². The normalized spacial score (nSPS) is 14.5. The number of hydrogen-bond donors (Lipinski definition) is 2. The number of alkyl halides is 3. The number of fused-ring (bicyclic) bond motifs is 1. The quantitative estimate of drug-likeness (QED) is 0.280. The molecule has 0 bridgehead atoms. The van der Waals surface area contributed by atoms with Crippen molar-refractivity contribution in [1.29, 1.82) is 0 Å². The molecule has 0 aliphatic carbocycles. The minimum atomic E-state index is -4.56. The zero-order valence-electron chi connectivity index (χ0n) is 22.5. The molecule has 1 atom stereocenters. The van der Waals surface area contributed by atoms with Crippen LogP contribution in [0.15, 0.2) is 60.7 Å². The Morgan fingerprint density at radius 1 is 0.977 bits per heavy atom. The number of para-hydroxylation sites is 1. The molecule has 1 aliphatic rings. The van der Waals surface area contributed by atoms with Crippen LogP contribution >= 0.6 is 23.2 Å². The maximum atomic E-state index is 12.7. The third kappa shape index (κ3) is 8.09. The van der Waals surface area contributed by atoms with E-state index in [0.29, 0.717) is 17.3 Å². The van der Waals surface area contributed by atoms with Gasteiger partial charge in [-0.25, -0.2) is 13.9 Å². The van der Waals surface area contributed by atoms with Crippen LogP contribution in [0.3, 0.4) is 0 Å². The van der Waals surface area contributed by atoms with E-state index in [9.17, 15) is 36.0 Å². The predicted octanol–water partition coefficient (Wildman–Crippen LogP) is 6.64. The molecule has 0 saturated heterocycles. The number of benzene rings is 3. The lowest BCUT2D eigenvalue weighted by atomic mass is 10.1. The monoisotopic (exact) mass is 662 g/mol. The first-order valence-corrected chi connectivity index (χ1v) is 14.4. The van der Waals surface area contributed by atoms with Crippen molar-refractivity contribution in [3.05, 3.63) is 87.4 Å². The van der Waals surface area contributed by atoms with Gasteiger partial charge >= 0.3 is 28.3 Å². The molecule has 230 valence electrons. The van der Waals surface area contributed by atoms with Crippen molar-refractivity contribution in [2.75, 3.05) is 4.72 Å². The first-order valence-electron chi connectivity index (χ1n) is 12.2. The summed E-state index contributed by atoms with van der Waals surface area (Å²) in [6.45, 7) is 4.48. The molecule has 2 N–H and O–H groups in total. The van der Waals surface area contributed by atoms with Crippen molar-refractivity contribution >= 4 is 56.9 Å². The minimum Gasteiger partial charge on any atom is -0.479 e. The first kappa shape index (κ1) is 33.5. The summed E-state index contributed by atoms with van der Waals surface area (Å²) in [4.78, 5) is 34.8. The van der Waals surface area contributed by atoms with Crippen LogP contribution in [0.4, 0.5) is 18.9 Å². The van der Waals surface area contributed by atoms with Gasteiger partial charge in [-0.15, -0.1) is 0 Å². The Kier molecular flexibility index (Phi) is 10.2. The number of amides is 1. The largest absolute Gasteiger partial charge is 0.479 e. The highest BCUT2D eigenvalue weighted by molar-refractivity contribution is 7.91. The highest BCUT2D eigenvalue weighted by atomic mass is 35.5. The van der Waals surface area contributed by atoms with Gasteiger partial charge < -0.3 is 14.6 Å². The molecule has 16 heteroatoms. The second kappa shape index (κ2) is 13.1. The van der Waals surface area contributed by atoms with Crippen LogP contribution in [0.1, 0.15) is 47.1 Å². The molecule has 4 rings (SSSR count). The molecular weight excluding hydrogens is 640 g/mol. The smallest absolute Gasteiger partial charge is 0.416 e. The number of carbonyl (C=O) groups excluding carboxylic acids is 2. The Morgan fingerprint density at radius 3 is 2.21 bits per heavy atom. The molecule has 0 spiro atoms. The molecule has 10 nitrogen and oxygen atoms in total. The number of nitrogens with zero attached hydrogens (tertiary/aromatic N) is 1. The van der Waals surface area contributed by atoms with Crippen molar-refractivity contribution in [2.45, 2.75) is 39.1 Å². The zero-order valence-corrected chi connectivity index (χ0v) is 24.8. The summed E-state index contributed by atoms with van der Waals surface area (Å²) < 4.78 is 74.9. The number of halogens is 5. The van der Waals surface area contributed by atoms with Gasteiger partial charge in [0.15, 0.2) is 6.10 Å². The fraction of sp³-hybridized carbons (Fsp3) is 0.222. The number of esters is 1. The summed E-state index contributed by atoms with van der Waals surface area (Å²) in [5.74, 6) is -2.87. The Balaban J connectivity index is 0.000000268. The van der Waals surface area contributed by atoms with Gasteiger partial charge in [0.05, 0.1) is 32.4 Å². The summed E-state index contributed by atoms with van der Waals surface area (Å²) in [7, 11) is -3.75. The van der Waals surface area contributed by atoms with E-state index in [1.165, 1.54) is 12.1 Å². The summed E-state index contributed by atoms with van der Waals surface area (Å²) >= 11 is 11.7. The van der Waals surface area contributed by atoms with Crippen molar-refractivity contribution in [3.8, 4) is 11.5 Å². The fourth-order valence-corrected chi connectivity index (χ4v) is 5.41. The maximum absolute atomic E-state index is 12.7. The van der Waals surface area contributed by atoms with Gasteiger partial charge in [-0.05, 0) is 69.3 Å². The molecule has 0 radical (unpaired) electrons. The third-order valence-electron chi connectivity index (χ3n) is 5.60. The fourth-order valence-electron chi connectivity index (χ4n) is 3.57. The van der Waals surface area contributed by atoms with Crippen LogP contribution < -0.4 is 9.46 Å². The number of hydrogen-bond acceptors (Lipinski definition) is 7. The van der Waals surface area contributed by atoms with Crippen LogP contribution in [0, 0.1) is 0 Å². The topological polar surface area (TPSA) is 139 Å². The van der Waals surface area contributed by atoms with E-state index in [1.807, 2.05) is 0 Å². The lowest BCUT2D eigenvalue weighted by Crippen LogP contribution is -2.48. The van der Waals surface area contributed by atoms with Crippen molar-refractivity contribution < 1.29 is 50.6 Å². The average molecular weight is 663 g/mol. The van der Waals surface area contributed by atoms with Crippen LogP contribution in [0.2, 0.25) is 10.0 Å². The number of carboxylic acids is 1. The zero-order chi connectivity index (χ0) is 32.3. The van der Waals surface area contributed by atoms with Crippen molar-refractivity contribution in [3.63, 3.8) is 0 Å². The van der Waals surface area contributed by atoms with Crippen molar-refractivity contribution in [2.24, 2.45) is 0 Å². The first-order chi connectivity index (χ1) is 19.9. The highest BCUT2D eigenvalue weighted by Gasteiger charge is 2.37. The van der Waals surface area contributed by atoms with Crippen LogP contribution in [-0.2, 0) is 25.9 Å². The standard InChI is InChI=1S/C17H11Cl2F3O5.C10H12N2O3S/c1-8(15(23)24)26-16(25)11-7-10(3-4-12(11)18)27-14-5-2-9(6-13(14)19)17(20,21)22;1-7(2)12-10(13)8-5-3-4-6-9(8)11-16(12,14)15/h2-8H,1H3,(H,23,24);3-7,11H,1-2H3/t8-;/m0./s1. The lowest BCUT2D eigenvalue weighted by molar-refractivity contribution is -0.146. The summed E-state index contributed by atoms with van der Waals surface area (Å²) in [6, 6.07) is 12.5. The number of nitrogens with one attached hydrogen (secondary N) is 1. The molecule has 0 saturated carbocycles. The Morgan fingerprint density at radius 2 is 1.63 bits per heavy atom. The Labute approximate surface area is 254 Å². The highest BCUT2D eigenvalue weighted by Crippen LogP contribution is 2.37. The molecule has 0 aromatic heterocycles. The minimum absolute atomic E-state index is 0.0246. The van der Waals surface area contributed by atoms with Gasteiger partial charge in [0.25, 0.3) is 5.91 Å². The Bertz CT molecular complexity index is 1670. The van der Waals surface area contributed by atoms with E-state index in [2.05, 4.69) is 4.72 Å². The summed E-state index contributed by atoms with van der Waals surface area (Å²) in [6.07, 6.45) is -5.96. The van der Waals surface area contributed by atoms with Gasteiger partial charge in [-0.2, -0.15) is 21.6 Å². The van der Waals surface area contributed by atoms with Gasteiger partial charge in [-0.3, -0.25) is 9.52 Å². The lowest BCUT2D eigenvalue weighted by Gasteiger charge is -2.31. The third-order valence-corrected chi connectivity index (χ3v) is 7.81. The molecule has 43 heavy (non-hydrogen) atoms. The maximum Gasteiger partial charge on any atom is 0.416 e. The van der Waals surface area contributed by atoms with Crippen LogP contribution in [0.25, 0.3) is 0 Å². The van der Waals surface area contributed by atoms with E-state index in [0.717, 1.165) is 29.4 Å². The molecule has 0 fully saturated rings. The molecule has 1 heterocycles. The molecular formula is C27H23Cl2F3N2O8S. The second-order valence-electron chi connectivity index (χ2n) is 9.12. The number of carboxylic acid groups (broad SMARTS) is 1. The second-order valence-corrected chi connectivity index (χ2v) is 11.5. The SMILES string of the molecule is CC(C)N1C(=O)c2ccccc2NS1(=O)=O.C[C@H](OC(=O)c1cc(Oc2ccc(C(F)(F)F)cc2Cl)ccc1Cl)C(=O)O. The van der Waals surface area contributed by atoms with Gasteiger partial charge in [0.1, 0.15) is 11.5 Å². The van der Waals surface area contributed by atoms with E-state index >= 15 is 0 Å². The molecule has 3 aromatic rings. The van der Waals surface area contributed by atoms with Gasteiger partial charge in [0.2, 0.25) is 0 Å². The average Bonchev–Trinajstić information content (AvgIpc) is 2.89. The Hall–Kier alpha value is -4.01. The van der Waals surface area contributed by atoms with Gasteiger partial charge in [0, 0.05) is 6.04 Å². The van der Waals surface area contributed by atoms with E-state index in [1.54, 1.807) is 38.1 Å². The van der Waals surface area contributed by atoms with E-state index in [4.69, 9.17) is 37.8 Å².